The van der Waals surface area contributed by atoms with Crippen LogP contribution in [-0.2, 0) is 12.7 Å². The van der Waals surface area contributed by atoms with Gasteiger partial charge in [0.05, 0.1) is 25.5 Å². The van der Waals surface area contributed by atoms with Crippen molar-refractivity contribution >= 4 is 28.8 Å². The molecule has 0 spiro atoms. The lowest BCUT2D eigenvalue weighted by molar-refractivity contribution is -0.142. The quantitative estimate of drug-likeness (QED) is 0.478. The van der Waals surface area contributed by atoms with Crippen molar-refractivity contribution in [1.82, 2.24) is 24.4 Å². The molecule has 0 bridgehead atoms. The van der Waals surface area contributed by atoms with Crippen LogP contribution in [0.2, 0.25) is 5.02 Å². The molecule has 4 aromatic rings. The van der Waals surface area contributed by atoms with Gasteiger partial charge in [0.1, 0.15) is 16.5 Å². The lowest BCUT2D eigenvalue weighted by Gasteiger charge is -2.09. The summed E-state index contributed by atoms with van der Waals surface area (Å²) in [6, 6.07) is 8.24. The molecule has 1 N–H and O–H groups in total. The first kappa shape index (κ1) is 21.6. The van der Waals surface area contributed by atoms with Gasteiger partial charge in [-0.1, -0.05) is 23.7 Å². The second-order valence-electron chi connectivity index (χ2n) is 6.91. The lowest BCUT2D eigenvalue weighted by Crippen LogP contribution is -2.15. The second kappa shape index (κ2) is 8.15. The standard InChI is InChI=1S/C20H16ClF3N6O2/c1-11-6-15(20(22,23)24)30-18(26-11)16(21)17(28-30)19(31)27-13-8-25-29(10-13)9-12-4-3-5-14(7-12)32-2/h3-8,10H,9H2,1-2H3,(H,27,31). The van der Waals surface area contributed by atoms with Gasteiger partial charge in [-0.05, 0) is 30.7 Å². The maximum absolute atomic E-state index is 13.4. The lowest BCUT2D eigenvalue weighted by atomic mass is 10.2. The molecule has 0 atom stereocenters. The number of alkyl halides is 3. The van der Waals surface area contributed by atoms with Crippen LogP contribution in [-0.4, -0.2) is 37.4 Å². The summed E-state index contributed by atoms with van der Waals surface area (Å²) >= 11 is 6.15. The van der Waals surface area contributed by atoms with E-state index in [1.165, 1.54) is 13.1 Å². The average Bonchev–Trinajstić information content (AvgIpc) is 3.31. The molecule has 0 saturated heterocycles. The van der Waals surface area contributed by atoms with Gasteiger partial charge in [-0.2, -0.15) is 23.4 Å². The summed E-state index contributed by atoms with van der Waals surface area (Å²) in [5.41, 5.74) is -0.362. The van der Waals surface area contributed by atoms with Gasteiger partial charge in [0.2, 0.25) is 0 Å². The first-order chi connectivity index (χ1) is 15.2. The minimum absolute atomic E-state index is 0.0948. The molecule has 1 aromatic carbocycles. The fourth-order valence-electron chi connectivity index (χ4n) is 3.12. The Morgan fingerprint density at radius 1 is 1.28 bits per heavy atom. The van der Waals surface area contributed by atoms with E-state index in [0.29, 0.717) is 22.5 Å². The highest BCUT2D eigenvalue weighted by atomic mass is 35.5. The highest BCUT2D eigenvalue weighted by Gasteiger charge is 2.36. The molecule has 0 unspecified atom stereocenters. The molecule has 12 heteroatoms. The number of anilines is 1. The summed E-state index contributed by atoms with van der Waals surface area (Å²) in [6.07, 6.45) is -1.72. The number of hydrogen-bond acceptors (Lipinski definition) is 5. The predicted molar refractivity (Wildman–Crippen MR) is 110 cm³/mol. The summed E-state index contributed by atoms with van der Waals surface area (Å²) < 4.78 is 47.4. The van der Waals surface area contributed by atoms with Gasteiger partial charge < -0.3 is 10.1 Å². The summed E-state index contributed by atoms with van der Waals surface area (Å²) in [5, 5.41) is 10.2. The molecule has 3 heterocycles. The molecular weight excluding hydrogens is 449 g/mol. The minimum atomic E-state index is -4.70. The second-order valence-corrected chi connectivity index (χ2v) is 7.29. The fraction of sp³-hybridized carbons (Fsp3) is 0.200. The molecule has 1 amide bonds. The van der Waals surface area contributed by atoms with E-state index in [9.17, 15) is 18.0 Å². The number of hydrogen-bond donors (Lipinski definition) is 1. The molecule has 0 saturated carbocycles. The van der Waals surface area contributed by atoms with Crippen LogP contribution in [0.1, 0.15) is 27.4 Å². The van der Waals surface area contributed by atoms with E-state index in [2.05, 4.69) is 20.5 Å². The average molecular weight is 465 g/mol. The minimum Gasteiger partial charge on any atom is -0.497 e. The molecular formula is C20H16ClF3N6O2. The first-order valence-electron chi connectivity index (χ1n) is 9.25. The number of rotatable bonds is 5. The van der Waals surface area contributed by atoms with Crippen molar-refractivity contribution < 1.29 is 22.7 Å². The number of nitrogens with one attached hydrogen (secondary N) is 1. The third kappa shape index (κ3) is 4.24. The Balaban J connectivity index is 1.58. The highest BCUT2D eigenvalue weighted by Crippen LogP contribution is 2.32. The third-order valence-corrected chi connectivity index (χ3v) is 4.88. The fourth-order valence-corrected chi connectivity index (χ4v) is 3.37. The molecule has 8 nitrogen and oxygen atoms in total. The maximum atomic E-state index is 13.4. The topological polar surface area (TPSA) is 86.3 Å². The van der Waals surface area contributed by atoms with Crippen LogP contribution in [0.5, 0.6) is 5.75 Å². The van der Waals surface area contributed by atoms with Crippen LogP contribution >= 0.6 is 11.6 Å². The number of aromatic nitrogens is 5. The monoisotopic (exact) mass is 464 g/mol. The van der Waals surface area contributed by atoms with Crippen molar-refractivity contribution in [2.24, 2.45) is 0 Å². The summed E-state index contributed by atoms with van der Waals surface area (Å²) in [6.45, 7) is 1.81. The number of amides is 1. The van der Waals surface area contributed by atoms with E-state index < -0.39 is 17.8 Å². The van der Waals surface area contributed by atoms with Gasteiger partial charge in [0.25, 0.3) is 5.91 Å². The maximum Gasteiger partial charge on any atom is 0.433 e. The molecule has 0 radical (unpaired) electrons. The normalized spacial score (nSPS) is 11.7. The van der Waals surface area contributed by atoms with Crippen LogP contribution in [0.4, 0.5) is 18.9 Å². The number of benzene rings is 1. The zero-order valence-electron chi connectivity index (χ0n) is 16.8. The van der Waals surface area contributed by atoms with E-state index in [1.54, 1.807) is 18.0 Å². The zero-order chi connectivity index (χ0) is 23.0. The van der Waals surface area contributed by atoms with Gasteiger partial charge in [-0.3, -0.25) is 9.48 Å². The van der Waals surface area contributed by atoms with Crippen molar-refractivity contribution in [3.63, 3.8) is 0 Å². The summed E-state index contributed by atoms with van der Waals surface area (Å²) in [4.78, 5) is 16.7. The van der Waals surface area contributed by atoms with Crippen LogP contribution < -0.4 is 10.1 Å². The van der Waals surface area contributed by atoms with Crippen LogP contribution in [0.25, 0.3) is 5.65 Å². The zero-order valence-corrected chi connectivity index (χ0v) is 17.6. The Labute approximate surface area is 184 Å². The van der Waals surface area contributed by atoms with E-state index >= 15 is 0 Å². The Kier molecular flexibility index (Phi) is 5.51. The van der Waals surface area contributed by atoms with Crippen molar-refractivity contribution in [3.8, 4) is 5.75 Å². The largest absolute Gasteiger partial charge is 0.497 e. The van der Waals surface area contributed by atoms with Crippen LogP contribution in [0, 0.1) is 6.92 Å². The van der Waals surface area contributed by atoms with Crippen molar-refractivity contribution in [2.45, 2.75) is 19.6 Å². The van der Waals surface area contributed by atoms with Crippen molar-refractivity contribution in [1.29, 1.82) is 0 Å². The van der Waals surface area contributed by atoms with Gasteiger partial charge in [0, 0.05) is 11.9 Å². The molecule has 0 fully saturated rings. The van der Waals surface area contributed by atoms with Crippen molar-refractivity contribution in [2.75, 3.05) is 12.4 Å². The number of carbonyl (C=O) groups is 1. The van der Waals surface area contributed by atoms with Crippen LogP contribution in [0.3, 0.4) is 0 Å². The Morgan fingerprint density at radius 3 is 2.78 bits per heavy atom. The Bertz CT molecular complexity index is 1310. The highest BCUT2D eigenvalue weighted by molar-refractivity contribution is 6.37. The van der Waals surface area contributed by atoms with Gasteiger partial charge in [-0.25, -0.2) is 9.50 Å². The molecule has 3 aromatic heterocycles. The molecule has 32 heavy (non-hydrogen) atoms. The Morgan fingerprint density at radius 2 is 2.06 bits per heavy atom. The van der Waals surface area contributed by atoms with Crippen LogP contribution in [0.15, 0.2) is 42.7 Å². The number of methoxy groups -OCH3 is 1. The predicted octanol–water partition coefficient (Wildman–Crippen LogP) is 4.22. The number of nitrogens with zero attached hydrogens (tertiary/aromatic N) is 5. The molecule has 4 rings (SSSR count). The van der Waals surface area contributed by atoms with Gasteiger partial charge in [-0.15, -0.1) is 0 Å². The molecule has 0 aliphatic carbocycles. The van der Waals surface area contributed by atoms with E-state index in [1.807, 2.05) is 24.3 Å². The Hall–Kier alpha value is -3.60. The number of fused-ring (bicyclic) bond motifs is 1. The number of ether oxygens (including phenoxy) is 1. The van der Waals surface area contributed by atoms with Gasteiger partial charge >= 0.3 is 6.18 Å². The third-order valence-electron chi connectivity index (χ3n) is 4.54. The SMILES string of the molecule is COc1cccc(Cn2cc(NC(=O)c3nn4c(C(F)(F)F)cc(C)nc4c3Cl)cn2)c1. The first-order valence-corrected chi connectivity index (χ1v) is 9.63. The number of aryl methyl sites for hydroxylation is 1. The smallest absolute Gasteiger partial charge is 0.433 e. The molecule has 0 aliphatic heterocycles. The number of halogens is 4. The molecule has 0 aliphatic rings. The number of carbonyl (C=O) groups excluding carboxylic acids is 1. The van der Waals surface area contributed by atoms with Gasteiger partial charge in [0.15, 0.2) is 11.3 Å². The summed E-state index contributed by atoms with van der Waals surface area (Å²) in [5.74, 6) is -0.0843. The summed E-state index contributed by atoms with van der Waals surface area (Å²) in [7, 11) is 1.57. The van der Waals surface area contributed by atoms with E-state index in [-0.39, 0.29) is 22.1 Å². The van der Waals surface area contributed by atoms with Crippen molar-refractivity contribution in [3.05, 3.63) is 70.4 Å². The van der Waals surface area contributed by atoms with E-state index in [0.717, 1.165) is 11.6 Å². The molecule has 166 valence electrons. The van der Waals surface area contributed by atoms with E-state index in [4.69, 9.17) is 16.3 Å².